The molecule has 0 unspecified atom stereocenters. The normalized spacial score (nSPS) is 25.1. The smallest absolute Gasteiger partial charge is 0.169 e. The van der Waals surface area contributed by atoms with Crippen LogP contribution in [-0.2, 0) is 6.54 Å². The fraction of sp³-hybridized carbons (Fsp3) is 0.667. The van der Waals surface area contributed by atoms with E-state index in [1.807, 2.05) is 12.1 Å². The maximum absolute atomic E-state index is 8.98. The summed E-state index contributed by atoms with van der Waals surface area (Å²) in [6.07, 6.45) is 4.64. The molecule has 1 aromatic heterocycles. The van der Waals surface area contributed by atoms with Gasteiger partial charge in [-0.2, -0.15) is 0 Å². The van der Waals surface area contributed by atoms with Crippen molar-refractivity contribution in [2.75, 3.05) is 6.61 Å². The lowest BCUT2D eigenvalue weighted by Gasteiger charge is -2.19. The Hall–Kier alpha value is -0.320. The van der Waals surface area contributed by atoms with Gasteiger partial charge in [-0.1, -0.05) is 6.42 Å². The van der Waals surface area contributed by atoms with E-state index >= 15 is 0 Å². The van der Waals surface area contributed by atoms with Crippen molar-refractivity contribution in [3.05, 3.63) is 22.6 Å². The van der Waals surface area contributed by atoms with E-state index in [0.29, 0.717) is 18.6 Å². The molecule has 90 valence electrons. The number of hydrogen-bond donors (Lipinski definition) is 2. The first kappa shape index (κ1) is 12.1. The van der Waals surface area contributed by atoms with E-state index in [-0.39, 0.29) is 0 Å². The van der Waals surface area contributed by atoms with Crippen LogP contribution < -0.4 is 5.32 Å². The predicted octanol–water partition coefficient (Wildman–Crippen LogP) is 2.68. The number of aliphatic hydroxyl groups excluding tert-OH is 1. The predicted molar refractivity (Wildman–Crippen MR) is 66.1 cm³/mol. The summed E-state index contributed by atoms with van der Waals surface area (Å²) in [6.45, 7) is 1.08. The van der Waals surface area contributed by atoms with E-state index in [1.54, 1.807) is 0 Å². The molecule has 16 heavy (non-hydrogen) atoms. The van der Waals surface area contributed by atoms with Crippen LogP contribution in [0.25, 0.3) is 0 Å². The molecule has 2 atom stereocenters. The topological polar surface area (TPSA) is 45.4 Å². The first-order chi connectivity index (χ1) is 7.79. The zero-order valence-corrected chi connectivity index (χ0v) is 10.9. The fourth-order valence-corrected chi connectivity index (χ4v) is 2.84. The zero-order valence-electron chi connectivity index (χ0n) is 9.29. The van der Waals surface area contributed by atoms with E-state index in [9.17, 15) is 0 Å². The molecule has 0 aromatic carbocycles. The third-order valence-corrected chi connectivity index (χ3v) is 3.75. The third kappa shape index (κ3) is 3.09. The van der Waals surface area contributed by atoms with E-state index < -0.39 is 0 Å². The second kappa shape index (κ2) is 5.84. The molecule has 1 aliphatic carbocycles. The van der Waals surface area contributed by atoms with Crippen LogP contribution in [0.5, 0.6) is 0 Å². The minimum Gasteiger partial charge on any atom is -0.453 e. The number of hydrogen-bond acceptors (Lipinski definition) is 3. The Labute approximate surface area is 104 Å². The average molecular weight is 288 g/mol. The minimum absolute atomic E-state index is 0.301. The van der Waals surface area contributed by atoms with Crippen LogP contribution in [0.3, 0.4) is 0 Å². The minimum atomic E-state index is 0.301. The molecular weight excluding hydrogens is 270 g/mol. The van der Waals surface area contributed by atoms with Gasteiger partial charge in [0.05, 0.1) is 6.54 Å². The highest BCUT2D eigenvalue weighted by atomic mass is 79.9. The van der Waals surface area contributed by atoms with E-state index in [2.05, 4.69) is 21.2 Å². The number of halogens is 1. The van der Waals surface area contributed by atoms with Crippen LogP contribution in [0.2, 0.25) is 0 Å². The Bertz CT molecular complexity index is 327. The van der Waals surface area contributed by atoms with E-state index in [4.69, 9.17) is 9.52 Å². The van der Waals surface area contributed by atoms with Gasteiger partial charge in [-0.15, -0.1) is 0 Å². The van der Waals surface area contributed by atoms with Gasteiger partial charge in [0.1, 0.15) is 5.76 Å². The maximum Gasteiger partial charge on any atom is 0.169 e. The second-order valence-electron chi connectivity index (χ2n) is 4.40. The monoisotopic (exact) mass is 287 g/mol. The number of aliphatic hydroxyl groups is 1. The largest absolute Gasteiger partial charge is 0.453 e. The third-order valence-electron chi connectivity index (χ3n) is 3.33. The van der Waals surface area contributed by atoms with Crippen molar-refractivity contribution in [3.8, 4) is 0 Å². The van der Waals surface area contributed by atoms with Crippen molar-refractivity contribution in [3.63, 3.8) is 0 Å². The molecule has 0 amide bonds. The Morgan fingerprint density at radius 3 is 3.00 bits per heavy atom. The van der Waals surface area contributed by atoms with Crippen LogP contribution >= 0.6 is 15.9 Å². The van der Waals surface area contributed by atoms with Gasteiger partial charge in [0, 0.05) is 12.6 Å². The van der Waals surface area contributed by atoms with Crippen molar-refractivity contribution < 1.29 is 9.52 Å². The van der Waals surface area contributed by atoms with Gasteiger partial charge in [-0.25, -0.2) is 0 Å². The zero-order chi connectivity index (χ0) is 11.4. The summed E-state index contributed by atoms with van der Waals surface area (Å²) in [5.74, 6) is 1.59. The summed E-state index contributed by atoms with van der Waals surface area (Å²) >= 11 is 3.29. The summed E-state index contributed by atoms with van der Waals surface area (Å²) in [4.78, 5) is 0. The average Bonchev–Trinajstić information content (AvgIpc) is 2.85. The van der Waals surface area contributed by atoms with E-state index in [1.165, 1.54) is 19.3 Å². The van der Waals surface area contributed by atoms with Crippen LogP contribution in [0.4, 0.5) is 0 Å². The lowest BCUT2D eigenvalue weighted by atomic mass is 10.00. The van der Waals surface area contributed by atoms with Crippen molar-refractivity contribution >= 4 is 15.9 Å². The molecule has 0 saturated heterocycles. The second-order valence-corrected chi connectivity index (χ2v) is 5.18. The van der Waals surface area contributed by atoms with Crippen LogP contribution in [0.1, 0.15) is 31.4 Å². The summed E-state index contributed by atoms with van der Waals surface area (Å²) in [5.41, 5.74) is 0. The number of furan rings is 1. The first-order valence-corrected chi connectivity index (χ1v) is 6.67. The molecule has 0 aliphatic heterocycles. The SMILES string of the molecule is OCC[C@@H]1CCC[C@@H]1NCc1ccc(Br)o1. The number of rotatable bonds is 5. The summed E-state index contributed by atoms with van der Waals surface area (Å²) in [5, 5.41) is 12.5. The fourth-order valence-electron chi connectivity index (χ4n) is 2.50. The van der Waals surface area contributed by atoms with Gasteiger partial charge in [-0.05, 0) is 53.2 Å². The van der Waals surface area contributed by atoms with Crippen LogP contribution in [0, 0.1) is 5.92 Å². The molecule has 3 nitrogen and oxygen atoms in total. The Balaban J connectivity index is 1.80. The van der Waals surface area contributed by atoms with Crippen molar-refractivity contribution in [1.29, 1.82) is 0 Å². The Kier molecular flexibility index (Phi) is 4.44. The van der Waals surface area contributed by atoms with E-state index in [0.717, 1.165) is 23.4 Å². The standard InChI is InChI=1S/C12H18BrNO2/c13-12-5-4-10(16-12)8-14-11-3-1-2-9(11)6-7-15/h4-5,9,11,14-15H,1-3,6-8H2/t9-,11-/m0/s1. The van der Waals surface area contributed by atoms with Gasteiger partial charge in [-0.3, -0.25) is 0 Å². The van der Waals surface area contributed by atoms with Gasteiger partial charge in [0.25, 0.3) is 0 Å². The van der Waals surface area contributed by atoms with Crippen molar-refractivity contribution in [2.24, 2.45) is 5.92 Å². The molecule has 4 heteroatoms. The highest BCUT2D eigenvalue weighted by molar-refractivity contribution is 9.10. The van der Waals surface area contributed by atoms with Crippen molar-refractivity contribution in [2.45, 2.75) is 38.3 Å². The lowest BCUT2D eigenvalue weighted by Crippen LogP contribution is -2.32. The van der Waals surface area contributed by atoms with Gasteiger partial charge < -0.3 is 14.8 Å². The van der Waals surface area contributed by atoms with Gasteiger partial charge in [0.15, 0.2) is 4.67 Å². The highest BCUT2D eigenvalue weighted by Crippen LogP contribution is 2.28. The van der Waals surface area contributed by atoms with Crippen LogP contribution in [0.15, 0.2) is 21.2 Å². The summed E-state index contributed by atoms with van der Waals surface area (Å²) < 4.78 is 6.22. The molecule has 0 spiro atoms. The molecule has 0 bridgehead atoms. The molecule has 0 radical (unpaired) electrons. The molecule has 2 N–H and O–H groups in total. The summed E-state index contributed by atoms with van der Waals surface area (Å²) in [6, 6.07) is 4.43. The quantitative estimate of drug-likeness (QED) is 0.875. The summed E-state index contributed by atoms with van der Waals surface area (Å²) in [7, 11) is 0. The highest BCUT2D eigenvalue weighted by Gasteiger charge is 2.26. The Morgan fingerprint density at radius 2 is 2.31 bits per heavy atom. The lowest BCUT2D eigenvalue weighted by molar-refractivity contribution is 0.240. The molecule has 1 aromatic rings. The molecule has 1 saturated carbocycles. The molecule has 1 fully saturated rings. The molecule has 2 rings (SSSR count). The van der Waals surface area contributed by atoms with Gasteiger partial charge in [0.2, 0.25) is 0 Å². The Morgan fingerprint density at radius 1 is 1.44 bits per heavy atom. The molecule has 1 aliphatic rings. The van der Waals surface area contributed by atoms with Gasteiger partial charge >= 0.3 is 0 Å². The maximum atomic E-state index is 8.98. The first-order valence-electron chi connectivity index (χ1n) is 5.88. The van der Waals surface area contributed by atoms with Crippen LogP contribution in [-0.4, -0.2) is 17.8 Å². The van der Waals surface area contributed by atoms with Crippen molar-refractivity contribution in [1.82, 2.24) is 5.32 Å². The number of nitrogens with one attached hydrogen (secondary N) is 1. The molecule has 1 heterocycles. The molecular formula is C12H18BrNO2.